The molecule has 28 heavy (non-hydrogen) atoms. The summed E-state index contributed by atoms with van der Waals surface area (Å²) in [6, 6.07) is 10.5. The first-order valence-corrected chi connectivity index (χ1v) is 9.95. The van der Waals surface area contributed by atoms with Gasteiger partial charge in [-0.15, -0.1) is 0 Å². The molecule has 1 aliphatic heterocycles. The lowest BCUT2D eigenvalue weighted by atomic mass is 10.1. The van der Waals surface area contributed by atoms with E-state index in [1.54, 1.807) is 0 Å². The van der Waals surface area contributed by atoms with E-state index in [-0.39, 0.29) is 0 Å². The van der Waals surface area contributed by atoms with Gasteiger partial charge in [0.2, 0.25) is 11.8 Å². The second-order valence-corrected chi connectivity index (χ2v) is 7.15. The fraction of sp³-hybridized carbons (Fsp3) is 0.318. The first kappa shape index (κ1) is 17.0. The number of nitrogens with one attached hydrogen (secondary N) is 1. The molecule has 0 bridgehead atoms. The topological polar surface area (TPSA) is 66.9 Å². The molecular formula is C22H23N5O. The molecule has 1 aromatic carbocycles. The molecule has 1 aliphatic rings. The van der Waals surface area contributed by atoms with Crippen molar-refractivity contribution in [2.75, 3.05) is 24.6 Å². The van der Waals surface area contributed by atoms with E-state index in [2.05, 4.69) is 33.1 Å². The molecule has 6 nitrogen and oxygen atoms in total. The summed E-state index contributed by atoms with van der Waals surface area (Å²) in [5.41, 5.74) is 5.11. The third-order valence-electron chi connectivity index (χ3n) is 5.33. The van der Waals surface area contributed by atoms with Gasteiger partial charge in [0.25, 0.3) is 0 Å². The van der Waals surface area contributed by atoms with Crippen molar-refractivity contribution >= 4 is 27.9 Å². The molecule has 1 N–H and O–H groups in total. The van der Waals surface area contributed by atoms with Gasteiger partial charge in [0, 0.05) is 36.4 Å². The van der Waals surface area contributed by atoms with Gasteiger partial charge in [0.15, 0.2) is 0 Å². The molecule has 3 aromatic heterocycles. The molecule has 0 amide bonds. The van der Waals surface area contributed by atoms with E-state index in [1.807, 2.05) is 31.5 Å². The Hall–Kier alpha value is -3.15. The summed E-state index contributed by atoms with van der Waals surface area (Å²) in [5, 5.41) is 1.09. The van der Waals surface area contributed by atoms with Crippen LogP contribution in [0.3, 0.4) is 0 Å². The van der Waals surface area contributed by atoms with E-state index < -0.39 is 0 Å². The highest BCUT2D eigenvalue weighted by atomic mass is 16.5. The molecule has 0 spiro atoms. The van der Waals surface area contributed by atoms with Gasteiger partial charge in [0.1, 0.15) is 11.0 Å². The van der Waals surface area contributed by atoms with Crippen LogP contribution in [0.1, 0.15) is 26.2 Å². The van der Waals surface area contributed by atoms with Gasteiger partial charge < -0.3 is 14.6 Å². The lowest BCUT2D eigenvalue weighted by Gasteiger charge is -2.26. The number of nitrogens with zero attached hydrogens (tertiary/aromatic N) is 4. The molecule has 0 aliphatic carbocycles. The number of anilines is 1. The molecule has 142 valence electrons. The van der Waals surface area contributed by atoms with Gasteiger partial charge in [0.05, 0.1) is 6.61 Å². The molecule has 5 rings (SSSR count). The van der Waals surface area contributed by atoms with Gasteiger partial charge in [-0.1, -0.05) is 12.1 Å². The Labute approximate surface area is 163 Å². The van der Waals surface area contributed by atoms with E-state index >= 15 is 0 Å². The van der Waals surface area contributed by atoms with Crippen LogP contribution in [0.25, 0.3) is 33.1 Å². The Bertz CT molecular complexity index is 1120. The van der Waals surface area contributed by atoms with Crippen molar-refractivity contribution < 1.29 is 4.74 Å². The highest BCUT2D eigenvalue weighted by Crippen LogP contribution is 2.34. The number of rotatable bonds is 4. The van der Waals surface area contributed by atoms with Crippen molar-refractivity contribution in [2.24, 2.45) is 0 Å². The molecule has 0 atom stereocenters. The Balaban J connectivity index is 1.67. The van der Waals surface area contributed by atoms with Crippen LogP contribution in [0.2, 0.25) is 0 Å². The monoisotopic (exact) mass is 373 g/mol. The molecular weight excluding hydrogens is 350 g/mol. The summed E-state index contributed by atoms with van der Waals surface area (Å²) in [6.07, 6.45) is 7.29. The lowest BCUT2D eigenvalue weighted by Crippen LogP contribution is -2.31. The molecule has 0 unspecified atom stereocenters. The SMILES string of the molecule is CCOc1nc(N2CCCCC2)nc2c1[nH]c1cc(-c3ccncc3)ccc12. The summed E-state index contributed by atoms with van der Waals surface area (Å²) in [5.74, 6) is 1.41. The van der Waals surface area contributed by atoms with Crippen LogP contribution in [0.15, 0.2) is 42.7 Å². The van der Waals surface area contributed by atoms with Crippen LogP contribution >= 0.6 is 0 Å². The standard InChI is InChI=1S/C22H23N5O/c1-2-28-21-20-19(25-22(26-21)27-12-4-3-5-13-27)17-7-6-16(14-18(17)24-20)15-8-10-23-11-9-15/h6-11,14,24H,2-5,12-13H2,1H3. The zero-order valence-corrected chi connectivity index (χ0v) is 16.0. The summed E-state index contributed by atoms with van der Waals surface area (Å²) >= 11 is 0. The highest BCUT2D eigenvalue weighted by molar-refractivity contribution is 6.07. The fourth-order valence-electron chi connectivity index (χ4n) is 3.93. The van der Waals surface area contributed by atoms with E-state index in [0.717, 1.165) is 52.1 Å². The first-order valence-electron chi connectivity index (χ1n) is 9.95. The maximum Gasteiger partial charge on any atom is 0.243 e. The van der Waals surface area contributed by atoms with Crippen molar-refractivity contribution in [1.29, 1.82) is 0 Å². The van der Waals surface area contributed by atoms with Crippen molar-refractivity contribution in [1.82, 2.24) is 19.9 Å². The highest BCUT2D eigenvalue weighted by Gasteiger charge is 2.19. The number of fused-ring (bicyclic) bond motifs is 3. The Kier molecular flexibility index (Phi) is 4.31. The zero-order chi connectivity index (χ0) is 18.9. The number of aromatic amines is 1. The van der Waals surface area contributed by atoms with Crippen LogP contribution in [0, 0.1) is 0 Å². The van der Waals surface area contributed by atoms with Gasteiger partial charge in [-0.3, -0.25) is 4.98 Å². The molecule has 0 saturated carbocycles. The number of ether oxygens (including phenoxy) is 1. The molecule has 1 fully saturated rings. The normalized spacial score (nSPS) is 14.7. The Morgan fingerprint density at radius 2 is 1.82 bits per heavy atom. The minimum atomic E-state index is 0.573. The number of H-pyrrole nitrogens is 1. The minimum absolute atomic E-state index is 0.573. The maximum atomic E-state index is 5.88. The van der Waals surface area contributed by atoms with E-state index in [9.17, 15) is 0 Å². The van der Waals surface area contributed by atoms with Gasteiger partial charge in [-0.05, 0) is 55.5 Å². The number of hydrogen-bond acceptors (Lipinski definition) is 5. The molecule has 4 aromatic rings. The van der Waals surface area contributed by atoms with E-state index in [4.69, 9.17) is 14.7 Å². The third kappa shape index (κ3) is 2.95. The summed E-state index contributed by atoms with van der Waals surface area (Å²) in [4.78, 5) is 19.5. The van der Waals surface area contributed by atoms with Crippen LogP contribution in [-0.4, -0.2) is 39.6 Å². The summed E-state index contributed by atoms with van der Waals surface area (Å²) in [6.45, 7) is 4.57. The second-order valence-electron chi connectivity index (χ2n) is 7.15. The smallest absolute Gasteiger partial charge is 0.243 e. The first-order chi connectivity index (χ1) is 13.8. The number of hydrogen-bond donors (Lipinski definition) is 1. The van der Waals surface area contributed by atoms with Gasteiger partial charge >= 0.3 is 0 Å². The number of aromatic nitrogens is 4. The predicted molar refractivity (Wildman–Crippen MR) is 112 cm³/mol. The van der Waals surface area contributed by atoms with Gasteiger partial charge in [-0.25, -0.2) is 4.98 Å². The molecule has 1 saturated heterocycles. The quantitative estimate of drug-likeness (QED) is 0.568. The predicted octanol–water partition coefficient (Wildman–Crippen LogP) is 4.56. The van der Waals surface area contributed by atoms with Crippen molar-refractivity contribution in [3.63, 3.8) is 0 Å². The van der Waals surface area contributed by atoms with Crippen LogP contribution in [0.5, 0.6) is 5.88 Å². The second kappa shape index (κ2) is 7.11. The van der Waals surface area contributed by atoms with E-state index in [1.165, 1.54) is 19.3 Å². The third-order valence-corrected chi connectivity index (χ3v) is 5.33. The molecule has 4 heterocycles. The number of piperidine rings is 1. The Morgan fingerprint density at radius 1 is 1.00 bits per heavy atom. The molecule has 6 heteroatoms. The van der Waals surface area contributed by atoms with Gasteiger partial charge in [-0.2, -0.15) is 4.98 Å². The zero-order valence-electron chi connectivity index (χ0n) is 16.0. The fourth-order valence-corrected chi connectivity index (χ4v) is 3.93. The lowest BCUT2D eigenvalue weighted by molar-refractivity contribution is 0.330. The van der Waals surface area contributed by atoms with Crippen molar-refractivity contribution in [3.8, 4) is 17.0 Å². The maximum absolute atomic E-state index is 5.88. The van der Waals surface area contributed by atoms with Crippen LogP contribution < -0.4 is 9.64 Å². The van der Waals surface area contributed by atoms with Crippen LogP contribution in [0.4, 0.5) is 5.95 Å². The average molecular weight is 373 g/mol. The van der Waals surface area contributed by atoms with Crippen LogP contribution in [-0.2, 0) is 0 Å². The number of benzene rings is 1. The van der Waals surface area contributed by atoms with E-state index in [0.29, 0.717) is 12.5 Å². The summed E-state index contributed by atoms with van der Waals surface area (Å²) < 4.78 is 5.88. The summed E-state index contributed by atoms with van der Waals surface area (Å²) in [7, 11) is 0. The molecule has 0 radical (unpaired) electrons. The average Bonchev–Trinajstić information content (AvgIpc) is 3.13. The largest absolute Gasteiger partial charge is 0.476 e. The van der Waals surface area contributed by atoms with Crippen molar-refractivity contribution in [2.45, 2.75) is 26.2 Å². The Morgan fingerprint density at radius 3 is 2.61 bits per heavy atom. The van der Waals surface area contributed by atoms with Crippen molar-refractivity contribution in [3.05, 3.63) is 42.7 Å². The number of pyridine rings is 1. The minimum Gasteiger partial charge on any atom is -0.476 e.